The van der Waals surface area contributed by atoms with Crippen molar-refractivity contribution in [1.82, 2.24) is 0 Å². The highest BCUT2D eigenvalue weighted by atomic mass is 127. The van der Waals surface area contributed by atoms with Gasteiger partial charge in [0.2, 0.25) is 0 Å². The summed E-state index contributed by atoms with van der Waals surface area (Å²) in [5, 5.41) is 2.72. The van der Waals surface area contributed by atoms with Gasteiger partial charge in [-0.25, -0.2) is 0 Å². The molecule has 0 aliphatic carbocycles. The first-order valence-electron chi connectivity index (χ1n) is 4.83. The van der Waals surface area contributed by atoms with Gasteiger partial charge in [-0.1, -0.05) is 0 Å². The van der Waals surface area contributed by atoms with Gasteiger partial charge in [-0.2, -0.15) is 0 Å². The minimum Gasteiger partial charge on any atom is -0.406 e. The summed E-state index contributed by atoms with van der Waals surface area (Å²) >= 11 is 0. The van der Waals surface area contributed by atoms with Gasteiger partial charge in [-0.05, 0) is 31.2 Å². The highest BCUT2D eigenvalue weighted by molar-refractivity contribution is 14.0. The first-order chi connectivity index (χ1) is 7.90. The zero-order valence-electron chi connectivity index (χ0n) is 9.49. The first kappa shape index (κ1) is 16.8. The van der Waals surface area contributed by atoms with Crippen LogP contribution in [0.1, 0.15) is 6.92 Å². The molecule has 0 saturated carbocycles. The lowest BCUT2D eigenvalue weighted by Gasteiger charge is -2.10. The van der Waals surface area contributed by atoms with Crippen molar-refractivity contribution in [3.05, 3.63) is 24.3 Å². The van der Waals surface area contributed by atoms with Gasteiger partial charge in [0, 0.05) is 12.2 Å². The fourth-order valence-electron chi connectivity index (χ4n) is 1.10. The van der Waals surface area contributed by atoms with Gasteiger partial charge in [-0.3, -0.25) is 4.99 Å². The molecule has 0 radical (unpaired) electrons. The Hall–Kier alpha value is -1.19. The number of benzene rings is 1. The summed E-state index contributed by atoms with van der Waals surface area (Å²) in [6.07, 6.45) is -4.68. The van der Waals surface area contributed by atoms with Crippen molar-refractivity contribution in [2.24, 2.45) is 10.7 Å². The fraction of sp³-hybridized carbons (Fsp3) is 0.300. The average molecular weight is 375 g/mol. The quantitative estimate of drug-likeness (QED) is 0.485. The molecule has 0 spiro atoms. The lowest BCUT2D eigenvalue weighted by Crippen LogP contribution is -2.22. The number of hydrogen-bond acceptors (Lipinski definition) is 2. The van der Waals surface area contributed by atoms with E-state index in [1.165, 1.54) is 24.3 Å². The molecule has 4 nitrogen and oxygen atoms in total. The Labute approximate surface area is 119 Å². The van der Waals surface area contributed by atoms with Crippen LogP contribution in [0.5, 0.6) is 5.75 Å². The van der Waals surface area contributed by atoms with E-state index in [0.29, 0.717) is 12.2 Å². The number of ether oxygens (including phenoxy) is 1. The van der Waals surface area contributed by atoms with E-state index in [9.17, 15) is 13.2 Å². The van der Waals surface area contributed by atoms with Crippen LogP contribution in [-0.2, 0) is 0 Å². The maximum Gasteiger partial charge on any atom is 0.573 e. The van der Waals surface area contributed by atoms with Crippen molar-refractivity contribution in [3.8, 4) is 5.75 Å². The Morgan fingerprint density at radius 1 is 1.33 bits per heavy atom. The standard InChI is InChI=1S/C10H12F3N3O.HI/c1-2-15-9(14)16-7-3-5-8(6-4-7)17-10(11,12)13;/h3-6H,2H2,1H3,(H3,14,15,16);1H. The van der Waals surface area contributed by atoms with Crippen LogP contribution in [0, 0.1) is 0 Å². The number of nitrogens with two attached hydrogens (primary N) is 1. The molecule has 0 saturated heterocycles. The molecule has 102 valence electrons. The van der Waals surface area contributed by atoms with Crippen molar-refractivity contribution in [3.63, 3.8) is 0 Å². The summed E-state index contributed by atoms with van der Waals surface area (Å²) < 4.78 is 39.3. The molecule has 1 aromatic carbocycles. The Balaban J connectivity index is 0.00000289. The average Bonchev–Trinajstić information content (AvgIpc) is 2.19. The Morgan fingerprint density at radius 2 is 1.89 bits per heavy atom. The predicted molar refractivity (Wildman–Crippen MR) is 74.3 cm³/mol. The van der Waals surface area contributed by atoms with Crippen LogP contribution in [0.4, 0.5) is 18.9 Å². The van der Waals surface area contributed by atoms with Gasteiger partial charge in [0.15, 0.2) is 5.96 Å². The zero-order valence-corrected chi connectivity index (χ0v) is 11.8. The third-order valence-electron chi connectivity index (χ3n) is 1.69. The summed E-state index contributed by atoms with van der Waals surface area (Å²) in [4.78, 5) is 3.87. The smallest absolute Gasteiger partial charge is 0.406 e. The monoisotopic (exact) mass is 375 g/mol. The number of nitrogens with zero attached hydrogens (tertiary/aromatic N) is 1. The van der Waals surface area contributed by atoms with E-state index in [0.717, 1.165) is 0 Å². The third kappa shape index (κ3) is 6.52. The molecule has 0 aliphatic rings. The molecule has 1 aromatic rings. The number of hydrogen-bond donors (Lipinski definition) is 2. The largest absolute Gasteiger partial charge is 0.573 e. The van der Waals surface area contributed by atoms with Crippen molar-refractivity contribution < 1.29 is 17.9 Å². The van der Waals surface area contributed by atoms with Crippen LogP contribution < -0.4 is 15.8 Å². The second kappa shape index (κ2) is 7.29. The van der Waals surface area contributed by atoms with Crippen LogP contribution in [0.2, 0.25) is 0 Å². The summed E-state index contributed by atoms with van der Waals surface area (Å²) in [6, 6.07) is 5.21. The van der Waals surface area contributed by atoms with Crippen LogP contribution in [0.3, 0.4) is 0 Å². The maximum absolute atomic E-state index is 11.9. The van der Waals surface area contributed by atoms with E-state index in [1.54, 1.807) is 0 Å². The molecule has 0 fully saturated rings. The van der Waals surface area contributed by atoms with Gasteiger partial charge >= 0.3 is 6.36 Å². The van der Waals surface area contributed by atoms with Gasteiger partial charge in [0.1, 0.15) is 5.75 Å². The number of anilines is 1. The lowest BCUT2D eigenvalue weighted by molar-refractivity contribution is -0.274. The second-order valence-electron chi connectivity index (χ2n) is 3.06. The molecule has 0 aromatic heterocycles. The number of halogens is 4. The van der Waals surface area contributed by atoms with E-state index in [-0.39, 0.29) is 35.7 Å². The van der Waals surface area contributed by atoms with Crippen molar-refractivity contribution >= 4 is 35.6 Å². The normalized spacial score (nSPS) is 11.7. The number of alkyl halides is 3. The molecule has 0 aliphatic heterocycles. The number of aliphatic imine (C=N–C) groups is 1. The number of nitrogens with one attached hydrogen (secondary N) is 1. The molecule has 0 amide bonds. The molecular formula is C10H13F3IN3O. The molecule has 1 rings (SSSR count). The van der Waals surface area contributed by atoms with Crippen LogP contribution in [-0.4, -0.2) is 18.9 Å². The summed E-state index contributed by atoms with van der Waals surface area (Å²) in [5.74, 6) is -0.0777. The van der Waals surface area contributed by atoms with E-state index in [1.807, 2.05) is 6.92 Å². The maximum atomic E-state index is 11.9. The molecular weight excluding hydrogens is 362 g/mol. The van der Waals surface area contributed by atoms with Crippen LogP contribution in [0.15, 0.2) is 29.3 Å². The van der Waals surface area contributed by atoms with Crippen molar-refractivity contribution in [2.75, 3.05) is 11.9 Å². The second-order valence-corrected chi connectivity index (χ2v) is 3.06. The van der Waals surface area contributed by atoms with E-state index in [4.69, 9.17) is 5.73 Å². The topological polar surface area (TPSA) is 59.6 Å². The Kier molecular flexibility index (Phi) is 6.81. The van der Waals surface area contributed by atoms with Crippen LogP contribution in [0.25, 0.3) is 0 Å². The molecule has 0 bridgehead atoms. The lowest BCUT2D eigenvalue weighted by atomic mass is 10.3. The predicted octanol–water partition coefficient (Wildman–Crippen LogP) is 2.95. The summed E-state index contributed by atoms with van der Waals surface area (Å²) in [6.45, 7) is 2.34. The molecule has 0 atom stereocenters. The molecule has 18 heavy (non-hydrogen) atoms. The fourth-order valence-corrected chi connectivity index (χ4v) is 1.10. The molecule has 0 unspecified atom stereocenters. The number of guanidine groups is 1. The van der Waals surface area contributed by atoms with Crippen molar-refractivity contribution in [2.45, 2.75) is 13.3 Å². The minimum atomic E-state index is -4.68. The van der Waals surface area contributed by atoms with Gasteiger partial charge in [-0.15, -0.1) is 37.1 Å². The number of rotatable bonds is 3. The molecule has 3 N–H and O–H groups in total. The highest BCUT2D eigenvalue weighted by Crippen LogP contribution is 2.23. The third-order valence-corrected chi connectivity index (χ3v) is 1.69. The highest BCUT2D eigenvalue weighted by Gasteiger charge is 2.30. The van der Waals surface area contributed by atoms with Crippen molar-refractivity contribution in [1.29, 1.82) is 0 Å². The summed E-state index contributed by atoms with van der Waals surface area (Å²) in [7, 11) is 0. The Morgan fingerprint density at radius 3 is 2.33 bits per heavy atom. The summed E-state index contributed by atoms with van der Waals surface area (Å²) in [5.41, 5.74) is 6.02. The Bertz CT molecular complexity index is 392. The van der Waals surface area contributed by atoms with Gasteiger partial charge < -0.3 is 15.8 Å². The van der Waals surface area contributed by atoms with Gasteiger partial charge in [0.05, 0.1) is 0 Å². The zero-order chi connectivity index (χ0) is 12.9. The van der Waals surface area contributed by atoms with E-state index >= 15 is 0 Å². The first-order valence-corrected chi connectivity index (χ1v) is 4.83. The van der Waals surface area contributed by atoms with Gasteiger partial charge in [0.25, 0.3) is 0 Å². The van der Waals surface area contributed by atoms with Crippen LogP contribution >= 0.6 is 24.0 Å². The minimum absolute atomic E-state index is 0. The molecule has 8 heteroatoms. The molecule has 0 heterocycles. The van der Waals surface area contributed by atoms with E-state index < -0.39 is 6.36 Å². The SMILES string of the molecule is CCN=C(N)Nc1ccc(OC(F)(F)F)cc1.I. The van der Waals surface area contributed by atoms with E-state index in [2.05, 4.69) is 15.0 Å².